The van der Waals surface area contributed by atoms with Crippen molar-refractivity contribution < 1.29 is 4.89 Å². The van der Waals surface area contributed by atoms with E-state index in [0.29, 0.717) is 0 Å². The van der Waals surface area contributed by atoms with E-state index in [1.165, 1.54) is 5.56 Å². The summed E-state index contributed by atoms with van der Waals surface area (Å²) in [5.74, 6) is 0. The van der Waals surface area contributed by atoms with Crippen LogP contribution in [-0.2, 0) is 10.8 Å². The third-order valence-corrected chi connectivity index (χ3v) is 5.17. The molecular formula is C15H24Cl2OP+. The first-order chi connectivity index (χ1) is 8.24. The van der Waals surface area contributed by atoms with E-state index in [4.69, 9.17) is 22.5 Å². The van der Waals surface area contributed by atoms with Gasteiger partial charge in [-0.05, 0) is 17.8 Å². The lowest BCUT2D eigenvalue weighted by Crippen LogP contribution is -2.30. The highest BCUT2D eigenvalue weighted by molar-refractivity contribution is 8.18. The van der Waals surface area contributed by atoms with Gasteiger partial charge in [0, 0.05) is 11.1 Å². The van der Waals surface area contributed by atoms with E-state index in [1.807, 2.05) is 0 Å². The molecule has 0 aliphatic carbocycles. The molecule has 1 aromatic carbocycles. The van der Waals surface area contributed by atoms with Crippen LogP contribution in [0.5, 0.6) is 0 Å². The molecule has 0 heterocycles. The van der Waals surface area contributed by atoms with Crippen LogP contribution in [-0.4, -0.2) is 4.89 Å². The second-order valence-electron chi connectivity index (χ2n) is 7.19. The molecule has 0 amide bonds. The lowest BCUT2D eigenvalue weighted by molar-refractivity contribution is 0.570. The smallest absolute Gasteiger partial charge is 0.210 e. The van der Waals surface area contributed by atoms with Gasteiger partial charge in [0.25, 0.3) is 0 Å². The molecule has 0 unspecified atom stereocenters. The van der Waals surface area contributed by atoms with Gasteiger partial charge in [-0.15, -0.1) is 0 Å². The Labute approximate surface area is 127 Å². The topological polar surface area (TPSA) is 20.2 Å². The number of benzene rings is 1. The summed E-state index contributed by atoms with van der Waals surface area (Å²) in [7, 11) is 0. The number of hydrogen-bond donors (Lipinski definition) is 1. The van der Waals surface area contributed by atoms with Crippen LogP contribution in [0.4, 0.5) is 0 Å². The minimum Gasteiger partial charge on any atom is -0.210 e. The van der Waals surface area contributed by atoms with Gasteiger partial charge in [0.1, 0.15) is 22.5 Å². The van der Waals surface area contributed by atoms with Crippen LogP contribution >= 0.6 is 28.7 Å². The molecule has 0 atom stereocenters. The molecule has 0 radical (unpaired) electrons. The third-order valence-electron chi connectivity index (χ3n) is 3.14. The Morgan fingerprint density at radius 2 is 1.21 bits per heavy atom. The van der Waals surface area contributed by atoms with Crippen LogP contribution < -0.4 is 5.30 Å². The predicted molar refractivity (Wildman–Crippen MR) is 89.1 cm³/mol. The molecule has 1 N–H and O–H groups in total. The van der Waals surface area contributed by atoms with Gasteiger partial charge in [-0.2, -0.15) is 0 Å². The molecule has 0 aliphatic heterocycles. The van der Waals surface area contributed by atoms with Gasteiger partial charge in [0.15, 0.2) is 5.30 Å². The second kappa shape index (κ2) is 5.19. The van der Waals surface area contributed by atoms with Crippen molar-refractivity contribution in [3.63, 3.8) is 0 Å². The number of hydrogen-bond acceptors (Lipinski definition) is 1. The Morgan fingerprint density at radius 1 is 0.895 bits per heavy atom. The first-order valence-corrected chi connectivity index (χ1v) is 9.97. The highest BCUT2D eigenvalue weighted by atomic mass is 35.9. The quantitative estimate of drug-likeness (QED) is 0.682. The van der Waals surface area contributed by atoms with E-state index in [2.05, 4.69) is 60.6 Å². The first kappa shape index (κ1) is 17.2. The van der Waals surface area contributed by atoms with Crippen molar-refractivity contribution in [1.82, 2.24) is 0 Å². The van der Waals surface area contributed by atoms with Crippen molar-refractivity contribution in [1.29, 1.82) is 0 Å². The second-order valence-corrected chi connectivity index (χ2v) is 12.1. The molecule has 1 aromatic rings. The lowest BCUT2D eigenvalue weighted by atomic mass is 9.79. The standard InChI is InChI=1S/C15H24Cl2OP/c1-10-8-11(14(2,3)4)13(19(16,17)18)12(9-10)15(5,6)7/h8-9,18H,1-7H3/q+1. The van der Waals surface area contributed by atoms with E-state index < -0.39 is 6.19 Å². The van der Waals surface area contributed by atoms with Gasteiger partial charge in [-0.1, -0.05) is 59.2 Å². The van der Waals surface area contributed by atoms with E-state index in [-0.39, 0.29) is 10.8 Å². The van der Waals surface area contributed by atoms with E-state index in [9.17, 15) is 4.89 Å². The SMILES string of the molecule is Cc1cc(C(C)(C)C)c([P+](O)(Cl)Cl)c(C(C)(C)C)c1. The van der Waals surface area contributed by atoms with Crippen molar-refractivity contribution in [3.8, 4) is 0 Å². The molecule has 1 nitrogen and oxygen atoms in total. The van der Waals surface area contributed by atoms with Crippen LogP contribution in [0.3, 0.4) is 0 Å². The normalized spacial score (nSPS) is 13.8. The maximum Gasteiger partial charge on any atom is 0.369 e. The predicted octanol–water partition coefficient (Wildman–Crippen LogP) is 5.45. The minimum absolute atomic E-state index is 0.112. The summed E-state index contributed by atoms with van der Waals surface area (Å²) >= 11 is 12.3. The summed E-state index contributed by atoms with van der Waals surface area (Å²) < 4.78 is 0. The zero-order chi connectivity index (χ0) is 15.2. The van der Waals surface area contributed by atoms with Crippen molar-refractivity contribution in [2.24, 2.45) is 0 Å². The van der Waals surface area contributed by atoms with Crippen molar-refractivity contribution in [3.05, 3.63) is 28.8 Å². The van der Waals surface area contributed by atoms with Gasteiger partial charge in [-0.25, -0.2) is 4.89 Å². The maximum absolute atomic E-state index is 10.3. The van der Waals surface area contributed by atoms with Crippen molar-refractivity contribution in [2.45, 2.75) is 59.3 Å². The highest BCUT2D eigenvalue weighted by Crippen LogP contribution is 2.66. The Kier molecular flexibility index (Phi) is 4.71. The summed E-state index contributed by atoms with van der Waals surface area (Å²) in [6, 6.07) is 4.17. The van der Waals surface area contributed by atoms with Gasteiger partial charge < -0.3 is 0 Å². The van der Waals surface area contributed by atoms with Gasteiger partial charge >= 0.3 is 6.19 Å². The van der Waals surface area contributed by atoms with Crippen LogP contribution in [0.1, 0.15) is 58.2 Å². The summed E-state index contributed by atoms with van der Waals surface area (Å²) in [5, 5.41) is 0.737. The Bertz CT molecular complexity index is 441. The average molecular weight is 322 g/mol. The number of halogens is 2. The summed E-state index contributed by atoms with van der Waals surface area (Å²) in [6.07, 6.45) is -3.11. The summed E-state index contributed by atoms with van der Waals surface area (Å²) in [5.41, 5.74) is 3.02. The maximum atomic E-state index is 10.3. The molecule has 0 aromatic heterocycles. The Balaban J connectivity index is 3.80. The van der Waals surface area contributed by atoms with Crippen LogP contribution in [0, 0.1) is 6.92 Å². The fourth-order valence-corrected chi connectivity index (χ4v) is 4.68. The fraction of sp³-hybridized carbons (Fsp3) is 0.600. The molecular weight excluding hydrogens is 298 g/mol. The molecule has 108 valence electrons. The van der Waals surface area contributed by atoms with Crippen LogP contribution in [0.2, 0.25) is 0 Å². The molecule has 0 bridgehead atoms. The van der Waals surface area contributed by atoms with Crippen molar-refractivity contribution >= 4 is 34.0 Å². The molecule has 0 saturated carbocycles. The molecule has 19 heavy (non-hydrogen) atoms. The van der Waals surface area contributed by atoms with Crippen LogP contribution in [0.15, 0.2) is 12.1 Å². The lowest BCUT2D eigenvalue weighted by Gasteiger charge is -2.29. The molecule has 0 spiro atoms. The Morgan fingerprint density at radius 3 is 1.42 bits per heavy atom. The van der Waals surface area contributed by atoms with E-state index in [1.54, 1.807) is 0 Å². The molecule has 4 heteroatoms. The first-order valence-electron chi connectivity index (χ1n) is 6.42. The Hall–Kier alpha value is 0.190. The zero-order valence-corrected chi connectivity index (χ0v) is 15.2. The third kappa shape index (κ3) is 4.08. The highest BCUT2D eigenvalue weighted by Gasteiger charge is 2.45. The van der Waals surface area contributed by atoms with E-state index in [0.717, 1.165) is 16.4 Å². The number of rotatable bonds is 1. The molecule has 0 aliphatic rings. The van der Waals surface area contributed by atoms with E-state index >= 15 is 0 Å². The average Bonchev–Trinajstić information content (AvgIpc) is 2.11. The monoisotopic (exact) mass is 321 g/mol. The van der Waals surface area contributed by atoms with Crippen molar-refractivity contribution in [2.75, 3.05) is 0 Å². The van der Waals surface area contributed by atoms with Crippen LogP contribution in [0.25, 0.3) is 0 Å². The largest absolute Gasteiger partial charge is 0.369 e. The molecule has 0 fully saturated rings. The zero-order valence-electron chi connectivity index (χ0n) is 12.8. The molecule has 1 rings (SSSR count). The fourth-order valence-electron chi connectivity index (χ4n) is 2.21. The van der Waals surface area contributed by atoms with Gasteiger partial charge in [0.05, 0.1) is 0 Å². The molecule has 0 saturated heterocycles. The summed E-state index contributed by atoms with van der Waals surface area (Å²) in [6.45, 7) is 14.7. The number of aryl methyl sites for hydroxylation is 1. The van der Waals surface area contributed by atoms with Gasteiger partial charge in [-0.3, -0.25) is 0 Å². The summed E-state index contributed by atoms with van der Waals surface area (Å²) in [4.78, 5) is 10.3. The minimum atomic E-state index is -3.11. The van der Waals surface area contributed by atoms with Gasteiger partial charge in [0.2, 0.25) is 0 Å².